The van der Waals surface area contributed by atoms with Crippen LogP contribution in [0.5, 0.6) is 0 Å². The second kappa shape index (κ2) is 7.00. The summed E-state index contributed by atoms with van der Waals surface area (Å²) in [5.74, 6) is -0.00142. The van der Waals surface area contributed by atoms with E-state index in [0.717, 1.165) is 24.3 Å². The molecular formula is C22H21N3O. The molecule has 2 heterocycles. The first kappa shape index (κ1) is 16.3. The summed E-state index contributed by atoms with van der Waals surface area (Å²) in [6.45, 7) is 2.82. The second-order valence-corrected chi connectivity index (χ2v) is 6.57. The van der Waals surface area contributed by atoms with E-state index >= 15 is 0 Å². The van der Waals surface area contributed by atoms with Crippen LogP contribution in [-0.2, 0) is 6.42 Å². The molecule has 130 valence electrons. The predicted octanol–water partition coefficient (Wildman–Crippen LogP) is 4.46. The van der Waals surface area contributed by atoms with Gasteiger partial charge in [-0.3, -0.25) is 9.78 Å². The molecule has 2 aromatic carbocycles. The van der Waals surface area contributed by atoms with Crippen molar-refractivity contribution in [3.8, 4) is 0 Å². The van der Waals surface area contributed by atoms with Gasteiger partial charge in [-0.1, -0.05) is 48.5 Å². The molecule has 0 radical (unpaired) electrons. The van der Waals surface area contributed by atoms with Gasteiger partial charge in [0.25, 0.3) is 5.91 Å². The zero-order chi connectivity index (χ0) is 17.9. The molecule has 0 saturated carbocycles. The standard InChI is InChI=1S/C22H21N3O/c1-16(17-7-3-2-4-8-17)24-20-13-19(14-23-15-20)22(26)25-12-11-18-9-5-6-10-21(18)25/h2-10,13-16,24H,11-12H2,1H3. The van der Waals surface area contributed by atoms with E-state index in [1.807, 2.05) is 47.4 Å². The maximum absolute atomic E-state index is 13.0. The zero-order valence-corrected chi connectivity index (χ0v) is 14.7. The maximum Gasteiger partial charge on any atom is 0.259 e. The summed E-state index contributed by atoms with van der Waals surface area (Å²) >= 11 is 0. The van der Waals surface area contributed by atoms with E-state index in [1.54, 1.807) is 12.4 Å². The number of fused-ring (bicyclic) bond motifs is 1. The number of benzene rings is 2. The maximum atomic E-state index is 13.0. The van der Waals surface area contributed by atoms with Gasteiger partial charge in [0, 0.05) is 30.7 Å². The van der Waals surface area contributed by atoms with E-state index in [9.17, 15) is 4.79 Å². The molecule has 4 heteroatoms. The zero-order valence-electron chi connectivity index (χ0n) is 14.7. The van der Waals surface area contributed by atoms with Crippen LogP contribution >= 0.6 is 0 Å². The van der Waals surface area contributed by atoms with E-state index in [1.165, 1.54) is 11.1 Å². The van der Waals surface area contributed by atoms with Gasteiger partial charge in [-0.2, -0.15) is 0 Å². The van der Waals surface area contributed by atoms with Crippen LogP contribution < -0.4 is 10.2 Å². The number of carbonyl (C=O) groups excluding carboxylic acids is 1. The van der Waals surface area contributed by atoms with Gasteiger partial charge in [-0.25, -0.2) is 0 Å². The highest BCUT2D eigenvalue weighted by atomic mass is 16.2. The molecule has 4 rings (SSSR count). The Morgan fingerprint density at radius 2 is 1.85 bits per heavy atom. The fraction of sp³-hybridized carbons (Fsp3) is 0.182. The fourth-order valence-electron chi connectivity index (χ4n) is 3.42. The van der Waals surface area contributed by atoms with Crippen molar-refractivity contribution in [2.24, 2.45) is 0 Å². The summed E-state index contributed by atoms with van der Waals surface area (Å²) in [6.07, 6.45) is 4.30. The molecule has 3 aromatic rings. The van der Waals surface area contributed by atoms with E-state index in [2.05, 4.69) is 35.4 Å². The minimum absolute atomic E-state index is 0.00142. The van der Waals surface area contributed by atoms with Gasteiger partial charge in [-0.05, 0) is 36.6 Å². The number of carbonyl (C=O) groups is 1. The van der Waals surface area contributed by atoms with Crippen molar-refractivity contribution in [2.45, 2.75) is 19.4 Å². The molecule has 0 spiro atoms. The number of para-hydroxylation sites is 1. The number of nitrogens with one attached hydrogen (secondary N) is 1. The summed E-state index contributed by atoms with van der Waals surface area (Å²) in [5.41, 5.74) is 4.87. The molecule has 1 aromatic heterocycles. The molecule has 1 aliphatic heterocycles. The van der Waals surface area contributed by atoms with E-state index in [4.69, 9.17) is 0 Å². The molecule has 1 atom stereocenters. The van der Waals surface area contributed by atoms with Crippen LogP contribution in [0.4, 0.5) is 11.4 Å². The molecule has 1 amide bonds. The Morgan fingerprint density at radius 1 is 1.08 bits per heavy atom. The third-order valence-electron chi connectivity index (χ3n) is 4.80. The molecule has 1 unspecified atom stereocenters. The van der Waals surface area contributed by atoms with Crippen molar-refractivity contribution in [1.29, 1.82) is 0 Å². The molecule has 0 bridgehead atoms. The fourth-order valence-corrected chi connectivity index (χ4v) is 3.42. The Labute approximate surface area is 153 Å². The van der Waals surface area contributed by atoms with Gasteiger partial charge < -0.3 is 10.2 Å². The largest absolute Gasteiger partial charge is 0.377 e. The van der Waals surface area contributed by atoms with Gasteiger partial charge in [0.2, 0.25) is 0 Å². The first-order chi connectivity index (χ1) is 12.7. The summed E-state index contributed by atoms with van der Waals surface area (Å²) in [7, 11) is 0. The van der Waals surface area contributed by atoms with E-state index < -0.39 is 0 Å². The van der Waals surface area contributed by atoms with Gasteiger partial charge in [0.05, 0.1) is 11.3 Å². The third-order valence-corrected chi connectivity index (χ3v) is 4.80. The normalized spacial score (nSPS) is 14.0. The van der Waals surface area contributed by atoms with Crippen molar-refractivity contribution >= 4 is 17.3 Å². The lowest BCUT2D eigenvalue weighted by Gasteiger charge is -2.19. The van der Waals surface area contributed by atoms with Crippen LogP contribution in [0.2, 0.25) is 0 Å². The lowest BCUT2D eigenvalue weighted by atomic mass is 10.1. The van der Waals surface area contributed by atoms with Crippen molar-refractivity contribution in [3.05, 3.63) is 89.7 Å². The van der Waals surface area contributed by atoms with Gasteiger partial charge in [0.15, 0.2) is 0 Å². The van der Waals surface area contributed by atoms with Crippen molar-refractivity contribution in [2.75, 3.05) is 16.8 Å². The monoisotopic (exact) mass is 343 g/mol. The number of hydrogen-bond acceptors (Lipinski definition) is 3. The van der Waals surface area contributed by atoms with Gasteiger partial charge in [-0.15, -0.1) is 0 Å². The lowest BCUT2D eigenvalue weighted by Crippen LogP contribution is -2.29. The molecule has 1 aliphatic rings. The van der Waals surface area contributed by atoms with Crippen LogP contribution in [0.15, 0.2) is 73.1 Å². The number of nitrogens with zero attached hydrogens (tertiary/aromatic N) is 2. The highest BCUT2D eigenvalue weighted by Crippen LogP contribution is 2.29. The molecule has 26 heavy (non-hydrogen) atoms. The van der Waals surface area contributed by atoms with Crippen LogP contribution in [0.1, 0.15) is 34.5 Å². The Balaban J connectivity index is 1.54. The number of amides is 1. The van der Waals surface area contributed by atoms with Crippen LogP contribution in [0.25, 0.3) is 0 Å². The van der Waals surface area contributed by atoms with E-state index in [-0.39, 0.29) is 11.9 Å². The minimum Gasteiger partial charge on any atom is -0.377 e. The first-order valence-corrected chi connectivity index (χ1v) is 8.88. The Hall–Kier alpha value is -3.14. The predicted molar refractivity (Wildman–Crippen MR) is 105 cm³/mol. The first-order valence-electron chi connectivity index (χ1n) is 8.88. The van der Waals surface area contributed by atoms with Gasteiger partial charge >= 0.3 is 0 Å². The number of pyridine rings is 1. The molecule has 1 N–H and O–H groups in total. The van der Waals surface area contributed by atoms with Crippen LogP contribution in [-0.4, -0.2) is 17.4 Å². The quantitative estimate of drug-likeness (QED) is 0.761. The average molecular weight is 343 g/mol. The summed E-state index contributed by atoms with van der Waals surface area (Å²) in [4.78, 5) is 19.1. The van der Waals surface area contributed by atoms with Crippen molar-refractivity contribution in [3.63, 3.8) is 0 Å². The van der Waals surface area contributed by atoms with Crippen molar-refractivity contribution in [1.82, 2.24) is 4.98 Å². The van der Waals surface area contributed by atoms with Crippen LogP contribution in [0, 0.1) is 0 Å². The smallest absolute Gasteiger partial charge is 0.259 e. The van der Waals surface area contributed by atoms with Crippen LogP contribution in [0.3, 0.4) is 0 Å². The molecule has 0 aliphatic carbocycles. The van der Waals surface area contributed by atoms with Crippen molar-refractivity contribution < 1.29 is 4.79 Å². The summed E-state index contributed by atoms with van der Waals surface area (Å²) in [5, 5.41) is 3.43. The summed E-state index contributed by atoms with van der Waals surface area (Å²) in [6, 6.07) is 20.3. The molecular weight excluding hydrogens is 322 g/mol. The second-order valence-electron chi connectivity index (χ2n) is 6.57. The minimum atomic E-state index is -0.00142. The number of anilines is 2. The van der Waals surface area contributed by atoms with Gasteiger partial charge in [0.1, 0.15) is 0 Å². The van der Waals surface area contributed by atoms with E-state index in [0.29, 0.717) is 5.56 Å². The molecule has 0 saturated heterocycles. The highest BCUT2D eigenvalue weighted by Gasteiger charge is 2.25. The number of rotatable bonds is 4. The molecule has 0 fully saturated rings. The Kier molecular flexibility index (Phi) is 4.40. The average Bonchev–Trinajstić information content (AvgIpc) is 3.12. The number of aromatic nitrogens is 1. The lowest BCUT2D eigenvalue weighted by molar-refractivity contribution is 0.0989. The Bertz CT molecular complexity index is 923. The highest BCUT2D eigenvalue weighted by molar-refractivity contribution is 6.07. The SMILES string of the molecule is CC(Nc1cncc(C(=O)N2CCc3ccccc32)c1)c1ccccc1. The Morgan fingerprint density at radius 3 is 2.69 bits per heavy atom. The number of hydrogen-bond donors (Lipinski definition) is 1. The molecule has 4 nitrogen and oxygen atoms in total. The topological polar surface area (TPSA) is 45.2 Å². The third kappa shape index (κ3) is 3.18. The summed E-state index contributed by atoms with van der Waals surface area (Å²) < 4.78 is 0.